The maximum atomic E-state index is 12.3. The lowest BCUT2D eigenvalue weighted by molar-refractivity contribution is 0.0929. The van der Waals surface area contributed by atoms with Crippen molar-refractivity contribution in [3.05, 3.63) is 36.0 Å². The topological polar surface area (TPSA) is 70.9 Å². The molecule has 3 rings (SSSR count). The third kappa shape index (κ3) is 2.36. The van der Waals surface area contributed by atoms with Crippen molar-refractivity contribution >= 4 is 16.8 Å². The smallest absolute Gasteiger partial charge is 0.251 e. The van der Waals surface area contributed by atoms with Gasteiger partial charge in [-0.05, 0) is 48.9 Å². The molecule has 1 aliphatic carbocycles. The van der Waals surface area contributed by atoms with Crippen LogP contribution in [0.4, 0.5) is 0 Å². The summed E-state index contributed by atoms with van der Waals surface area (Å²) in [5.74, 6) is 0.431. The molecule has 2 aromatic rings. The van der Waals surface area contributed by atoms with Crippen LogP contribution in [-0.2, 0) is 0 Å². The van der Waals surface area contributed by atoms with Crippen LogP contribution in [0.15, 0.2) is 30.5 Å². The van der Waals surface area contributed by atoms with E-state index in [1.807, 2.05) is 30.5 Å². The largest absolute Gasteiger partial charge is 0.361 e. The van der Waals surface area contributed by atoms with E-state index in [1.54, 1.807) is 0 Å². The SMILES string of the molecule is NCC1CCCC1NC(=O)c1ccc2cc[nH]c2c1. The van der Waals surface area contributed by atoms with Crippen LogP contribution >= 0.6 is 0 Å². The molecule has 1 aromatic carbocycles. The number of hydrogen-bond donors (Lipinski definition) is 3. The first-order chi connectivity index (χ1) is 9.28. The number of rotatable bonds is 3. The van der Waals surface area contributed by atoms with Crippen molar-refractivity contribution in [1.82, 2.24) is 10.3 Å². The zero-order valence-corrected chi connectivity index (χ0v) is 10.9. The standard InChI is InChI=1S/C15H19N3O/c16-9-12-2-1-3-13(12)18-15(19)11-5-4-10-6-7-17-14(10)8-11/h4-8,12-13,17H,1-3,9,16H2,(H,18,19). The predicted octanol–water partition coefficient (Wildman–Crippen LogP) is 2.03. The van der Waals surface area contributed by atoms with Crippen molar-refractivity contribution in [2.75, 3.05) is 6.54 Å². The van der Waals surface area contributed by atoms with Crippen molar-refractivity contribution in [2.45, 2.75) is 25.3 Å². The van der Waals surface area contributed by atoms with Gasteiger partial charge in [0.25, 0.3) is 5.91 Å². The summed E-state index contributed by atoms with van der Waals surface area (Å²) in [5, 5.41) is 4.24. The van der Waals surface area contributed by atoms with Crippen molar-refractivity contribution in [3.8, 4) is 0 Å². The maximum absolute atomic E-state index is 12.3. The summed E-state index contributed by atoms with van der Waals surface area (Å²) in [6, 6.07) is 7.97. The number of aromatic amines is 1. The summed E-state index contributed by atoms with van der Waals surface area (Å²) < 4.78 is 0. The van der Waals surface area contributed by atoms with Gasteiger partial charge < -0.3 is 16.0 Å². The highest BCUT2D eigenvalue weighted by atomic mass is 16.1. The van der Waals surface area contributed by atoms with Crippen LogP contribution in [0.3, 0.4) is 0 Å². The highest BCUT2D eigenvalue weighted by Gasteiger charge is 2.27. The van der Waals surface area contributed by atoms with Crippen molar-refractivity contribution in [1.29, 1.82) is 0 Å². The van der Waals surface area contributed by atoms with E-state index in [0.29, 0.717) is 18.0 Å². The molecule has 1 aliphatic rings. The third-order valence-electron chi connectivity index (χ3n) is 4.10. The van der Waals surface area contributed by atoms with Crippen LogP contribution in [-0.4, -0.2) is 23.5 Å². The Balaban J connectivity index is 1.76. The molecule has 1 saturated carbocycles. The highest BCUT2D eigenvalue weighted by molar-refractivity contribution is 5.98. The van der Waals surface area contributed by atoms with Crippen LogP contribution in [0.2, 0.25) is 0 Å². The Morgan fingerprint density at radius 1 is 1.37 bits per heavy atom. The van der Waals surface area contributed by atoms with E-state index in [4.69, 9.17) is 5.73 Å². The number of aromatic nitrogens is 1. The van der Waals surface area contributed by atoms with Gasteiger partial charge in [0, 0.05) is 23.3 Å². The summed E-state index contributed by atoms with van der Waals surface area (Å²) in [5.41, 5.74) is 7.44. The van der Waals surface area contributed by atoms with E-state index in [9.17, 15) is 4.79 Å². The van der Waals surface area contributed by atoms with E-state index >= 15 is 0 Å². The Bertz CT molecular complexity index is 590. The van der Waals surface area contributed by atoms with Gasteiger partial charge in [-0.15, -0.1) is 0 Å². The molecule has 0 aliphatic heterocycles. The van der Waals surface area contributed by atoms with E-state index < -0.39 is 0 Å². The molecular formula is C15H19N3O. The zero-order valence-electron chi connectivity index (χ0n) is 10.9. The lowest BCUT2D eigenvalue weighted by atomic mass is 10.0. The fourth-order valence-corrected chi connectivity index (χ4v) is 2.95. The van der Waals surface area contributed by atoms with Crippen LogP contribution in [0.25, 0.3) is 10.9 Å². The molecule has 0 spiro atoms. The molecule has 2 atom stereocenters. The van der Waals surface area contributed by atoms with Gasteiger partial charge in [0.05, 0.1) is 0 Å². The highest BCUT2D eigenvalue weighted by Crippen LogP contribution is 2.25. The van der Waals surface area contributed by atoms with Gasteiger partial charge in [0.15, 0.2) is 0 Å². The summed E-state index contributed by atoms with van der Waals surface area (Å²) in [4.78, 5) is 15.4. The number of H-pyrrole nitrogens is 1. The van der Waals surface area contributed by atoms with Gasteiger partial charge in [-0.2, -0.15) is 0 Å². The second-order valence-electron chi connectivity index (χ2n) is 5.29. The van der Waals surface area contributed by atoms with Crippen LogP contribution in [0.5, 0.6) is 0 Å². The summed E-state index contributed by atoms with van der Waals surface area (Å²) in [6.07, 6.45) is 5.20. The molecule has 1 amide bonds. The van der Waals surface area contributed by atoms with Gasteiger partial charge in [0.2, 0.25) is 0 Å². The normalized spacial score (nSPS) is 22.8. The minimum atomic E-state index is 0.00171. The number of nitrogens with one attached hydrogen (secondary N) is 2. The first-order valence-corrected chi connectivity index (χ1v) is 6.86. The average Bonchev–Trinajstić information content (AvgIpc) is 3.05. The molecule has 100 valence electrons. The molecular weight excluding hydrogens is 238 g/mol. The maximum Gasteiger partial charge on any atom is 0.251 e. The Hall–Kier alpha value is -1.81. The summed E-state index contributed by atoms with van der Waals surface area (Å²) >= 11 is 0. The fourth-order valence-electron chi connectivity index (χ4n) is 2.95. The number of amides is 1. The second kappa shape index (κ2) is 5.05. The van der Waals surface area contributed by atoms with Crippen molar-refractivity contribution in [2.24, 2.45) is 11.7 Å². The lowest BCUT2D eigenvalue weighted by Crippen LogP contribution is -2.39. The zero-order chi connectivity index (χ0) is 13.2. The van der Waals surface area contributed by atoms with Gasteiger partial charge in [-0.1, -0.05) is 12.5 Å². The molecule has 0 bridgehead atoms. The van der Waals surface area contributed by atoms with E-state index in [0.717, 1.165) is 30.2 Å². The number of nitrogens with two attached hydrogens (primary N) is 1. The summed E-state index contributed by atoms with van der Waals surface area (Å²) in [7, 11) is 0. The predicted molar refractivity (Wildman–Crippen MR) is 75.9 cm³/mol. The van der Waals surface area contributed by atoms with E-state index in [1.165, 1.54) is 0 Å². The van der Waals surface area contributed by atoms with Crippen LogP contribution in [0.1, 0.15) is 29.6 Å². The molecule has 1 heterocycles. The minimum absolute atomic E-state index is 0.00171. The number of hydrogen-bond acceptors (Lipinski definition) is 2. The first-order valence-electron chi connectivity index (χ1n) is 6.86. The Labute approximate surface area is 112 Å². The Morgan fingerprint density at radius 3 is 3.11 bits per heavy atom. The Kier molecular flexibility index (Phi) is 3.25. The lowest BCUT2D eigenvalue weighted by Gasteiger charge is -2.19. The Morgan fingerprint density at radius 2 is 2.26 bits per heavy atom. The van der Waals surface area contributed by atoms with Gasteiger partial charge in [0.1, 0.15) is 0 Å². The third-order valence-corrected chi connectivity index (χ3v) is 4.10. The van der Waals surface area contributed by atoms with Crippen LogP contribution < -0.4 is 11.1 Å². The summed E-state index contributed by atoms with van der Waals surface area (Å²) in [6.45, 7) is 0.653. The molecule has 1 aromatic heterocycles. The fraction of sp³-hybridized carbons (Fsp3) is 0.400. The average molecular weight is 257 g/mol. The number of carbonyl (C=O) groups is 1. The van der Waals surface area contributed by atoms with E-state index in [-0.39, 0.29) is 11.9 Å². The quantitative estimate of drug-likeness (QED) is 0.787. The number of benzene rings is 1. The van der Waals surface area contributed by atoms with Crippen molar-refractivity contribution < 1.29 is 4.79 Å². The monoisotopic (exact) mass is 257 g/mol. The first kappa shape index (κ1) is 12.2. The molecule has 2 unspecified atom stereocenters. The molecule has 0 radical (unpaired) electrons. The van der Waals surface area contributed by atoms with Gasteiger partial charge in [-0.3, -0.25) is 4.79 Å². The second-order valence-corrected chi connectivity index (χ2v) is 5.29. The number of carbonyl (C=O) groups excluding carboxylic acids is 1. The van der Waals surface area contributed by atoms with E-state index in [2.05, 4.69) is 10.3 Å². The molecule has 4 nitrogen and oxygen atoms in total. The number of fused-ring (bicyclic) bond motifs is 1. The minimum Gasteiger partial charge on any atom is -0.361 e. The molecule has 19 heavy (non-hydrogen) atoms. The molecule has 4 heteroatoms. The van der Waals surface area contributed by atoms with Crippen LogP contribution in [0, 0.1) is 5.92 Å². The van der Waals surface area contributed by atoms with Crippen molar-refractivity contribution in [3.63, 3.8) is 0 Å². The van der Waals surface area contributed by atoms with Gasteiger partial charge >= 0.3 is 0 Å². The van der Waals surface area contributed by atoms with Gasteiger partial charge in [-0.25, -0.2) is 0 Å². The molecule has 1 fully saturated rings. The molecule has 4 N–H and O–H groups in total. The molecule has 0 saturated heterocycles.